The number of sulfonamides is 1. The first-order valence-electron chi connectivity index (χ1n) is 6.15. The Bertz CT molecular complexity index is 738. The highest BCUT2D eigenvalue weighted by Crippen LogP contribution is 2.25. The third-order valence-corrected chi connectivity index (χ3v) is 4.91. The first kappa shape index (κ1) is 15.1. The molecule has 0 aliphatic rings. The van der Waals surface area contributed by atoms with E-state index in [1.165, 1.54) is 10.9 Å². The van der Waals surface area contributed by atoms with Crippen LogP contribution in [-0.2, 0) is 23.5 Å². The van der Waals surface area contributed by atoms with E-state index in [9.17, 15) is 8.42 Å². The Morgan fingerprint density at radius 3 is 2.65 bits per heavy atom. The van der Waals surface area contributed by atoms with Crippen molar-refractivity contribution in [2.24, 2.45) is 7.05 Å². The van der Waals surface area contributed by atoms with E-state index in [1.54, 1.807) is 20.0 Å². The number of hydrogen-bond acceptors (Lipinski definition) is 3. The molecule has 2 rings (SSSR count). The minimum Gasteiger partial charge on any atom is -0.279 e. The second-order valence-electron chi connectivity index (χ2n) is 4.51. The van der Waals surface area contributed by atoms with Gasteiger partial charge in [0.15, 0.2) is 0 Å². The number of hydrogen-bond donors (Lipinski definition) is 1. The van der Waals surface area contributed by atoms with Crippen molar-refractivity contribution in [2.75, 3.05) is 4.72 Å². The molecule has 1 N–H and O–H groups in total. The van der Waals surface area contributed by atoms with Gasteiger partial charge < -0.3 is 0 Å². The van der Waals surface area contributed by atoms with Gasteiger partial charge in [-0.25, -0.2) is 8.42 Å². The SMILES string of the molecule is CCc1cc(Br)ccc1NS(=O)(=O)c1cn(C)nc1C. The van der Waals surface area contributed by atoms with Crippen LogP contribution in [0.1, 0.15) is 18.2 Å². The van der Waals surface area contributed by atoms with Gasteiger partial charge in [-0.3, -0.25) is 9.40 Å². The zero-order chi connectivity index (χ0) is 14.9. The molecule has 0 radical (unpaired) electrons. The molecule has 5 nitrogen and oxygen atoms in total. The highest BCUT2D eigenvalue weighted by Gasteiger charge is 2.20. The van der Waals surface area contributed by atoms with E-state index in [2.05, 4.69) is 25.8 Å². The smallest absolute Gasteiger partial charge is 0.265 e. The summed E-state index contributed by atoms with van der Waals surface area (Å²) in [5.41, 5.74) is 2.01. The van der Waals surface area contributed by atoms with Gasteiger partial charge in [0.2, 0.25) is 0 Å². The topological polar surface area (TPSA) is 64.0 Å². The minimum absolute atomic E-state index is 0.199. The summed E-state index contributed by atoms with van der Waals surface area (Å²) in [5, 5.41) is 4.07. The Labute approximate surface area is 127 Å². The van der Waals surface area contributed by atoms with Crippen LogP contribution in [0.3, 0.4) is 0 Å². The second kappa shape index (κ2) is 5.57. The van der Waals surface area contributed by atoms with Crippen LogP contribution < -0.4 is 4.72 Å². The van der Waals surface area contributed by atoms with Crippen molar-refractivity contribution in [3.63, 3.8) is 0 Å². The number of halogens is 1. The first-order valence-corrected chi connectivity index (χ1v) is 8.42. The summed E-state index contributed by atoms with van der Waals surface area (Å²) in [7, 11) is -1.92. The van der Waals surface area contributed by atoms with Crippen LogP contribution in [0.2, 0.25) is 0 Å². The molecule has 0 spiro atoms. The number of aryl methyl sites for hydroxylation is 3. The average Bonchev–Trinajstić information content (AvgIpc) is 2.71. The number of rotatable bonds is 4. The summed E-state index contributed by atoms with van der Waals surface area (Å²) in [6.07, 6.45) is 2.24. The molecular weight excluding hydrogens is 342 g/mol. The largest absolute Gasteiger partial charge is 0.279 e. The molecular formula is C13H16BrN3O2S. The molecule has 1 aromatic carbocycles. The Kier molecular flexibility index (Phi) is 4.19. The van der Waals surface area contributed by atoms with Gasteiger partial charge in [0, 0.05) is 17.7 Å². The first-order chi connectivity index (χ1) is 9.33. The Morgan fingerprint density at radius 1 is 1.40 bits per heavy atom. The maximum Gasteiger partial charge on any atom is 0.265 e. The van der Waals surface area contributed by atoms with E-state index in [-0.39, 0.29) is 4.90 Å². The maximum absolute atomic E-state index is 12.4. The zero-order valence-corrected chi connectivity index (χ0v) is 13.9. The van der Waals surface area contributed by atoms with E-state index in [1.807, 2.05) is 19.1 Å². The predicted octanol–water partition coefficient (Wildman–Crippen LogP) is 2.85. The number of benzene rings is 1. The Hall–Kier alpha value is -1.34. The van der Waals surface area contributed by atoms with Crippen LogP contribution in [-0.4, -0.2) is 18.2 Å². The van der Waals surface area contributed by atoms with Crippen LogP contribution in [0.15, 0.2) is 33.8 Å². The highest BCUT2D eigenvalue weighted by atomic mass is 79.9. The van der Waals surface area contributed by atoms with Crippen molar-refractivity contribution >= 4 is 31.6 Å². The molecule has 2 aromatic rings. The van der Waals surface area contributed by atoms with Crippen LogP contribution in [0, 0.1) is 6.92 Å². The number of nitrogens with zero attached hydrogens (tertiary/aromatic N) is 2. The number of aromatic nitrogens is 2. The van der Waals surface area contributed by atoms with Gasteiger partial charge in [-0.2, -0.15) is 5.10 Å². The Morgan fingerprint density at radius 2 is 2.10 bits per heavy atom. The lowest BCUT2D eigenvalue weighted by Gasteiger charge is -2.11. The molecule has 0 saturated carbocycles. The summed E-state index contributed by atoms with van der Waals surface area (Å²) >= 11 is 3.39. The van der Waals surface area contributed by atoms with Gasteiger partial charge in [-0.15, -0.1) is 0 Å². The number of anilines is 1. The molecule has 7 heteroatoms. The van der Waals surface area contributed by atoms with E-state index >= 15 is 0 Å². The van der Waals surface area contributed by atoms with Crippen LogP contribution in [0.25, 0.3) is 0 Å². The van der Waals surface area contributed by atoms with Gasteiger partial charge in [0.05, 0.1) is 11.4 Å². The lowest BCUT2D eigenvalue weighted by atomic mass is 10.1. The van der Waals surface area contributed by atoms with E-state index in [0.717, 1.165) is 16.5 Å². The van der Waals surface area contributed by atoms with E-state index in [0.29, 0.717) is 11.4 Å². The average molecular weight is 358 g/mol. The molecule has 0 unspecified atom stereocenters. The monoisotopic (exact) mass is 357 g/mol. The normalized spacial score (nSPS) is 11.6. The quantitative estimate of drug-likeness (QED) is 0.914. The highest BCUT2D eigenvalue weighted by molar-refractivity contribution is 9.10. The summed E-state index contributed by atoms with van der Waals surface area (Å²) < 4.78 is 29.9. The second-order valence-corrected chi connectivity index (χ2v) is 7.08. The van der Waals surface area contributed by atoms with E-state index in [4.69, 9.17) is 0 Å². The predicted molar refractivity (Wildman–Crippen MR) is 82.3 cm³/mol. The van der Waals surface area contributed by atoms with Crippen LogP contribution in [0.5, 0.6) is 0 Å². The van der Waals surface area contributed by atoms with Gasteiger partial charge in [-0.1, -0.05) is 22.9 Å². The minimum atomic E-state index is -3.62. The summed E-state index contributed by atoms with van der Waals surface area (Å²) in [4.78, 5) is 0.199. The van der Waals surface area contributed by atoms with Gasteiger partial charge in [-0.05, 0) is 37.1 Å². The zero-order valence-electron chi connectivity index (χ0n) is 11.5. The molecule has 0 fully saturated rings. The maximum atomic E-state index is 12.4. The summed E-state index contributed by atoms with van der Waals surface area (Å²) in [5.74, 6) is 0. The fourth-order valence-electron chi connectivity index (χ4n) is 2.00. The van der Waals surface area contributed by atoms with Crippen LogP contribution >= 0.6 is 15.9 Å². The van der Waals surface area contributed by atoms with E-state index < -0.39 is 10.0 Å². The van der Waals surface area contributed by atoms with Crippen molar-refractivity contribution in [1.29, 1.82) is 0 Å². The number of nitrogens with one attached hydrogen (secondary N) is 1. The third kappa shape index (κ3) is 3.04. The fourth-order valence-corrected chi connectivity index (χ4v) is 3.72. The molecule has 0 bridgehead atoms. The van der Waals surface area contributed by atoms with Gasteiger partial charge in [0.1, 0.15) is 4.90 Å². The van der Waals surface area contributed by atoms with Crippen molar-refractivity contribution in [3.8, 4) is 0 Å². The lowest BCUT2D eigenvalue weighted by Crippen LogP contribution is -2.14. The summed E-state index contributed by atoms with van der Waals surface area (Å²) in [6.45, 7) is 3.66. The molecule has 1 aromatic heterocycles. The molecule has 0 saturated heterocycles. The molecule has 1 heterocycles. The Balaban J connectivity index is 2.41. The molecule has 0 amide bonds. The summed E-state index contributed by atoms with van der Waals surface area (Å²) in [6, 6.07) is 5.48. The molecule has 108 valence electrons. The van der Waals surface area contributed by atoms with Crippen molar-refractivity contribution in [3.05, 3.63) is 40.1 Å². The molecule has 20 heavy (non-hydrogen) atoms. The van der Waals surface area contributed by atoms with Crippen molar-refractivity contribution in [2.45, 2.75) is 25.2 Å². The van der Waals surface area contributed by atoms with Crippen LogP contribution in [0.4, 0.5) is 5.69 Å². The lowest BCUT2D eigenvalue weighted by molar-refractivity contribution is 0.600. The molecule has 0 aliphatic carbocycles. The fraction of sp³-hybridized carbons (Fsp3) is 0.308. The van der Waals surface area contributed by atoms with Gasteiger partial charge in [0.25, 0.3) is 10.0 Å². The van der Waals surface area contributed by atoms with Crippen molar-refractivity contribution in [1.82, 2.24) is 9.78 Å². The third-order valence-electron chi connectivity index (χ3n) is 2.95. The standard InChI is InChI=1S/C13H16BrN3O2S/c1-4-10-7-11(14)5-6-12(10)16-20(18,19)13-8-17(3)15-9(13)2/h5-8,16H,4H2,1-3H3. The molecule has 0 aliphatic heterocycles. The van der Waals surface area contributed by atoms with Crippen molar-refractivity contribution < 1.29 is 8.42 Å². The molecule has 0 atom stereocenters. The van der Waals surface area contributed by atoms with Gasteiger partial charge >= 0.3 is 0 Å².